The molecule has 1 amide bonds. The number of nitrogens with one attached hydrogen (secondary N) is 1. The maximum absolute atomic E-state index is 13.2. The van der Waals surface area contributed by atoms with Crippen molar-refractivity contribution in [1.82, 2.24) is 10.3 Å². The lowest BCUT2D eigenvalue weighted by atomic mass is 9.87. The van der Waals surface area contributed by atoms with Gasteiger partial charge >= 0.3 is 0 Å². The molecular formula is C25H29N3O2S. The first-order valence-electron chi connectivity index (χ1n) is 11.4. The fraction of sp³-hybridized carbons (Fsp3) is 0.440. The van der Waals surface area contributed by atoms with Crippen LogP contribution in [0.3, 0.4) is 0 Å². The molecule has 2 aromatic carbocycles. The molecule has 0 unspecified atom stereocenters. The molecule has 2 atom stereocenters. The molecule has 0 radical (unpaired) electrons. The van der Waals surface area contributed by atoms with Crippen molar-refractivity contribution in [2.45, 2.75) is 45.1 Å². The Hall–Kier alpha value is -2.60. The predicted octanol–water partition coefficient (Wildman–Crippen LogP) is 5.11. The SMILES string of the molecule is CCOc1ccc2nc(N3CCC[C@H](C(=O)N[C@H]4CCCc5ccccc54)C3)sc2c1. The summed E-state index contributed by atoms with van der Waals surface area (Å²) < 4.78 is 6.76. The van der Waals surface area contributed by atoms with Crippen LogP contribution < -0.4 is 15.0 Å². The van der Waals surface area contributed by atoms with Crippen molar-refractivity contribution in [3.63, 3.8) is 0 Å². The van der Waals surface area contributed by atoms with E-state index in [1.165, 1.54) is 11.1 Å². The molecule has 0 spiro atoms. The van der Waals surface area contributed by atoms with Crippen molar-refractivity contribution < 1.29 is 9.53 Å². The monoisotopic (exact) mass is 435 g/mol. The molecule has 162 valence electrons. The van der Waals surface area contributed by atoms with Crippen molar-refractivity contribution >= 4 is 32.6 Å². The van der Waals surface area contributed by atoms with Crippen LogP contribution in [0.4, 0.5) is 5.13 Å². The van der Waals surface area contributed by atoms with Gasteiger partial charge in [0.05, 0.1) is 28.8 Å². The number of amides is 1. The second-order valence-corrected chi connectivity index (χ2v) is 9.51. The average molecular weight is 436 g/mol. The average Bonchev–Trinajstić information content (AvgIpc) is 3.23. The van der Waals surface area contributed by atoms with Crippen molar-refractivity contribution in [2.24, 2.45) is 5.92 Å². The Bertz CT molecular complexity index is 1080. The van der Waals surface area contributed by atoms with Gasteiger partial charge in [-0.25, -0.2) is 4.98 Å². The lowest BCUT2D eigenvalue weighted by Crippen LogP contribution is -2.44. The summed E-state index contributed by atoms with van der Waals surface area (Å²) in [5.74, 6) is 1.08. The van der Waals surface area contributed by atoms with Crippen LogP contribution >= 0.6 is 11.3 Å². The molecule has 0 bridgehead atoms. The Morgan fingerprint density at radius 3 is 3.03 bits per heavy atom. The normalized spacial score (nSPS) is 21.0. The Balaban J connectivity index is 1.28. The summed E-state index contributed by atoms with van der Waals surface area (Å²) in [6.45, 7) is 4.34. The molecule has 6 heteroatoms. The zero-order valence-electron chi connectivity index (χ0n) is 18.0. The molecule has 1 aliphatic carbocycles. The number of aromatic nitrogens is 1. The van der Waals surface area contributed by atoms with Crippen LogP contribution in [0.2, 0.25) is 0 Å². The minimum Gasteiger partial charge on any atom is -0.494 e. The predicted molar refractivity (Wildman–Crippen MR) is 126 cm³/mol. The Morgan fingerprint density at radius 1 is 1.23 bits per heavy atom. The molecule has 3 aromatic rings. The fourth-order valence-corrected chi connectivity index (χ4v) is 5.87. The lowest BCUT2D eigenvalue weighted by Gasteiger charge is -2.33. The molecule has 1 N–H and O–H groups in total. The second kappa shape index (κ2) is 8.87. The van der Waals surface area contributed by atoms with Crippen molar-refractivity contribution in [1.29, 1.82) is 0 Å². The van der Waals surface area contributed by atoms with Crippen LogP contribution in [0.5, 0.6) is 5.75 Å². The maximum Gasteiger partial charge on any atom is 0.225 e. The summed E-state index contributed by atoms with van der Waals surface area (Å²) >= 11 is 1.69. The van der Waals surface area contributed by atoms with Gasteiger partial charge in [-0.2, -0.15) is 0 Å². The minimum atomic E-state index is 0.00818. The Kier molecular flexibility index (Phi) is 5.81. The second-order valence-electron chi connectivity index (χ2n) is 8.50. The highest BCUT2D eigenvalue weighted by Gasteiger charge is 2.30. The van der Waals surface area contributed by atoms with E-state index in [9.17, 15) is 4.79 Å². The highest BCUT2D eigenvalue weighted by molar-refractivity contribution is 7.22. The smallest absolute Gasteiger partial charge is 0.225 e. The number of anilines is 1. The van der Waals surface area contributed by atoms with Gasteiger partial charge < -0.3 is 15.0 Å². The fourth-order valence-electron chi connectivity index (χ4n) is 4.84. The van der Waals surface area contributed by atoms with Crippen LogP contribution in [0.25, 0.3) is 10.2 Å². The highest BCUT2D eigenvalue weighted by atomic mass is 32.1. The molecule has 1 aliphatic heterocycles. The third-order valence-corrected chi connectivity index (χ3v) is 7.49. The van der Waals surface area contributed by atoms with Crippen molar-refractivity contribution in [3.8, 4) is 5.75 Å². The van der Waals surface area contributed by atoms with E-state index in [2.05, 4.69) is 40.5 Å². The minimum absolute atomic E-state index is 0.00818. The first kappa shape index (κ1) is 20.3. The van der Waals surface area contributed by atoms with E-state index in [1.54, 1.807) is 11.3 Å². The van der Waals surface area contributed by atoms with E-state index in [-0.39, 0.29) is 17.9 Å². The molecule has 31 heavy (non-hydrogen) atoms. The third kappa shape index (κ3) is 4.26. The maximum atomic E-state index is 13.2. The number of ether oxygens (including phenoxy) is 1. The summed E-state index contributed by atoms with van der Waals surface area (Å²) in [4.78, 5) is 20.3. The standard InChI is InChI=1S/C25H29N3O2S/c1-2-30-19-12-13-22-23(15-19)31-25(27-22)28-14-6-9-18(16-28)24(29)26-21-11-5-8-17-7-3-4-10-20(17)21/h3-4,7,10,12-13,15,18,21H,2,5-6,8-9,11,14,16H2,1H3,(H,26,29)/t18-,21-/m0/s1. The number of carbonyl (C=O) groups is 1. The molecule has 2 aliphatic rings. The summed E-state index contributed by atoms with van der Waals surface area (Å²) in [6, 6.07) is 14.7. The summed E-state index contributed by atoms with van der Waals surface area (Å²) in [5.41, 5.74) is 3.67. The molecule has 0 saturated carbocycles. The summed E-state index contributed by atoms with van der Waals surface area (Å²) in [5, 5.41) is 4.37. The van der Waals surface area contributed by atoms with E-state index in [1.807, 2.05) is 19.1 Å². The van der Waals surface area contributed by atoms with E-state index in [0.717, 1.165) is 66.3 Å². The van der Waals surface area contributed by atoms with Crippen molar-refractivity contribution in [3.05, 3.63) is 53.6 Å². The number of hydrogen-bond acceptors (Lipinski definition) is 5. The van der Waals surface area contributed by atoms with E-state index in [4.69, 9.17) is 9.72 Å². The Labute approximate surface area is 187 Å². The zero-order chi connectivity index (χ0) is 21.2. The molecular weight excluding hydrogens is 406 g/mol. The number of carbonyl (C=O) groups excluding carboxylic acids is 1. The number of fused-ring (bicyclic) bond motifs is 2. The third-order valence-electron chi connectivity index (χ3n) is 6.41. The molecule has 1 fully saturated rings. The van der Waals surface area contributed by atoms with Gasteiger partial charge in [0.2, 0.25) is 5.91 Å². The van der Waals surface area contributed by atoms with Gasteiger partial charge in [-0.1, -0.05) is 35.6 Å². The molecule has 1 saturated heterocycles. The topological polar surface area (TPSA) is 54.5 Å². The molecule has 5 nitrogen and oxygen atoms in total. The van der Waals surface area contributed by atoms with Gasteiger partial charge in [-0.15, -0.1) is 0 Å². The van der Waals surface area contributed by atoms with E-state index < -0.39 is 0 Å². The number of piperidine rings is 1. The van der Waals surface area contributed by atoms with Gasteiger partial charge in [-0.3, -0.25) is 4.79 Å². The van der Waals surface area contributed by atoms with Gasteiger partial charge in [0.25, 0.3) is 0 Å². The summed E-state index contributed by atoms with van der Waals surface area (Å²) in [7, 11) is 0. The number of aryl methyl sites for hydroxylation is 1. The Morgan fingerprint density at radius 2 is 2.13 bits per heavy atom. The number of rotatable bonds is 5. The number of thiazole rings is 1. The van der Waals surface area contributed by atoms with Crippen LogP contribution in [0, 0.1) is 5.92 Å². The molecule has 5 rings (SSSR count). The van der Waals surface area contributed by atoms with Crippen molar-refractivity contribution in [2.75, 3.05) is 24.6 Å². The molecule has 1 aromatic heterocycles. The largest absolute Gasteiger partial charge is 0.494 e. The number of nitrogens with zero attached hydrogens (tertiary/aromatic N) is 2. The van der Waals surface area contributed by atoms with Gasteiger partial charge in [0.1, 0.15) is 5.75 Å². The van der Waals surface area contributed by atoms with Crippen LogP contribution in [0.1, 0.15) is 49.8 Å². The van der Waals surface area contributed by atoms with Crippen LogP contribution in [-0.2, 0) is 11.2 Å². The number of hydrogen-bond donors (Lipinski definition) is 1. The highest BCUT2D eigenvalue weighted by Crippen LogP contribution is 2.34. The summed E-state index contributed by atoms with van der Waals surface area (Å²) in [6.07, 6.45) is 5.23. The zero-order valence-corrected chi connectivity index (χ0v) is 18.8. The molecule has 2 heterocycles. The lowest BCUT2D eigenvalue weighted by molar-refractivity contribution is -0.126. The van der Waals surface area contributed by atoms with Gasteiger partial charge in [0.15, 0.2) is 5.13 Å². The quantitative estimate of drug-likeness (QED) is 0.605. The van der Waals surface area contributed by atoms with Crippen LogP contribution in [-0.4, -0.2) is 30.6 Å². The number of benzene rings is 2. The van der Waals surface area contributed by atoms with E-state index >= 15 is 0 Å². The van der Waals surface area contributed by atoms with E-state index in [0.29, 0.717) is 6.61 Å². The van der Waals surface area contributed by atoms with Gasteiger partial charge in [-0.05, 0) is 68.4 Å². The first-order valence-corrected chi connectivity index (χ1v) is 12.2. The van der Waals surface area contributed by atoms with Crippen LogP contribution in [0.15, 0.2) is 42.5 Å². The van der Waals surface area contributed by atoms with Gasteiger partial charge in [0, 0.05) is 13.1 Å². The first-order chi connectivity index (χ1) is 15.2.